The zero-order valence-corrected chi connectivity index (χ0v) is 28.6. The summed E-state index contributed by atoms with van der Waals surface area (Å²) in [5, 5.41) is 9.80. The molecule has 0 fully saturated rings. The number of rotatable bonds is 3. The Kier molecular flexibility index (Phi) is 5.77. The maximum absolute atomic E-state index is 6.75. The van der Waals surface area contributed by atoms with Crippen LogP contribution < -0.4 is 4.74 Å². The molecule has 1 aliphatic rings. The molecule has 3 heteroatoms. The maximum atomic E-state index is 6.75. The Balaban J connectivity index is 1.14. The molecule has 3 nitrogen and oxygen atoms in total. The van der Waals surface area contributed by atoms with Crippen molar-refractivity contribution in [2.24, 2.45) is 0 Å². The van der Waals surface area contributed by atoms with Gasteiger partial charge in [0.2, 0.25) is 0 Å². The summed E-state index contributed by atoms with van der Waals surface area (Å²) in [6, 6.07) is 65.9. The van der Waals surface area contributed by atoms with Crippen molar-refractivity contribution in [1.29, 1.82) is 0 Å². The summed E-state index contributed by atoms with van der Waals surface area (Å²) in [6.45, 7) is 0. The van der Waals surface area contributed by atoms with Crippen molar-refractivity contribution in [3.05, 3.63) is 182 Å². The highest BCUT2D eigenvalue weighted by molar-refractivity contribution is 6.26. The van der Waals surface area contributed by atoms with Gasteiger partial charge in [-0.05, 0) is 99.6 Å². The minimum Gasteiger partial charge on any atom is -0.456 e. The molecule has 0 amide bonds. The lowest BCUT2D eigenvalue weighted by molar-refractivity contribution is 0.487. The van der Waals surface area contributed by atoms with Crippen molar-refractivity contribution in [3.63, 3.8) is 0 Å². The van der Waals surface area contributed by atoms with Gasteiger partial charge in [0.05, 0.1) is 22.1 Å². The molecule has 0 spiro atoms. The second-order valence-corrected chi connectivity index (χ2v) is 14.1. The number of para-hydroxylation sites is 3. The monoisotopic (exact) mass is 674 g/mol. The van der Waals surface area contributed by atoms with Gasteiger partial charge in [0.15, 0.2) is 0 Å². The zero-order chi connectivity index (χ0) is 34.6. The fourth-order valence-electron chi connectivity index (χ4n) is 9.03. The Labute approximate surface area is 305 Å². The van der Waals surface area contributed by atoms with E-state index in [0.29, 0.717) is 0 Å². The molecule has 53 heavy (non-hydrogen) atoms. The highest BCUT2D eigenvalue weighted by Crippen LogP contribution is 2.52. The molecule has 0 atom stereocenters. The number of nitrogens with zero attached hydrogens (tertiary/aromatic N) is 2. The first-order chi connectivity index (χ1) is 26.3. The predicted molar refractivity (Wildman–Crippen MR) is 221 cm³/mol. The van der Waals surface area contributed by atoms with Crippen molar-refractivity contribution in [2.75, 3.05) is 0 Å². The second kappa shape index (κ2) is 10.7. The Bertz CT molecular complexity index is 3310. The van der Waals surface area contributed by atoms with Gasteiger partial charge in [-0.15, -0.1) is 0 Å². The first-order valence-electron chi connectivity index (χ1n) is 18.2. The lowest BCUT2D eigenvalue weighted by Crippen LogP contribution is -1.99. The topological polar surface area (TPSA) is 19.1 Å². The third-order valence-electron chi connectivity index (χ3n) is 11.3. The van der Waals surface area contributed by atoms with E-state index in [2.05, 4.69) is 191 Å². The molecule has 9 aromatic carbocycles. The van der Waals surface area contributed by atoms with Crippen LogP contribution in [0.25, 0.3) is 98.8 Å². The maximum Gasteiger partial charge on any atom is 0.135 e. The second-order valence-electron chi connectivity index (χ2n) is 14.1. The fraction of sp³-hybridized carbons (Fsp3) is 0. The van der Waals surface area contributed by atoms with E-state index in [1.165, 1.54) is 70.9 Å². The largest absolute Gasteiger partial charge is 0.456 e. The molecular formula is C50H30N2O. The van der Waals surface area contributed by atoms with Crippen LogP contribution in [0.3, 0.4) is 0 Å². The Morgan fingerprint density at radius 2 is 1.00 bits per heavy atom. The molecule has 246 valence electrons. The van der Waals surface area contributed by atoms with Crippen molar-refractivity contribution in [3.8, 4) is 45.1 Å². The lowest BCUT2D eigenvalue weighted by Gasteiger charge is -2.23. The molecule has 2 aromatic heterocycles. The number of fused-ring (bicyclic) bond motifs is 10. The molecule has 0 bridgehead atoms. The number of benzene rings is 9. The van der Waals surface area contributed by atoms with E-state index < -0.39 is 0 Å². The van der Waals surface area contributed by atoms with Gasteiger partial charge in [0.25, 0.3) is 0 Å². The predicted octanol–water partition coefficient (Wildman–Crippen LogP) is 13.6. The average Bonchev–Trinajstić information content (AvgIpc) is 3.74. The van der Waals surface area contributed by atoms with Gasteiger partial charge in [0, 0.05) is 43.9 Å². The minimum absolute atomic E-state index is 0.875. The number of ether oxygens (including phenoxy) is 1. The standard InChI is InChI=1S/C50H30N2O/c1-2-14-34(15-3-1)51-42-20-8-6-16-37(42)48-36(18-10-22-44(48)51)33-25-27-46-40(29-33)41-30-45-49(39-19-11-23-47(53-46)50(39)41)38-17-7-9-21-43(38)52(45)35-26-24-31-12-4-5-13-32(31)28-35/h1-30H. The van der Waals surface area contributed by atoms with Gasteiger partial charge in [-0.2, -0.15) is 0 Å². The van der Waals surface area contributed by atoms with Gasteiger partial charge < -0.3 is 13.9 Å². The van der Waals surface area contributed by atoms with E-state index in [4.69, 9.17) is 4.74 Å². The van der Waals surface area contributed by atoms with Crippen molar-refractivity contribution in [1.82, 2.24) is 9.13 Å². The molecule has 1 aliphatic heterocycles. The molecule has 0 unspecified atom stereocenters. The SMILES string of the molecule is c1ccc(-n2c3ccccc3c3c(-c4ccc5c(c4)-c4cc6c(c7cccc(c47)O5)c4ccccc4n6-c4ccc5ccccc5c4)cccc32)cc1. The first kappa shape index (κ1) is 28.6. The van der Waals surface area contributed by atoms with Crippen LogP contribution in [-0.2, 0) is 0 Å². The first-order valence-corrected chi connectivity index (χ1v) is 18.2. The van der Waals surface area contributed by atoms with E-state index in [-0.39, 0.29) is 0 Å². The van der Waals surface area contributed by atoms with Crippen molar-refractivity contribution >= 4 is 65.2 Å². The summed E-state index contributed by atoms with van der Waals surface area (Å²) in [6.07, 6.45) is 0. The summed E-state index contributed by atoms with van der Waals surface area (Å²) in [7, 11) is 0. The Hall–Kier alpha value is -7.10. The van der Waals surface area contributed by atoms with E-state index in [1.807, 2.05) is 0 Å². The summed E-state index contributed by atoms with van der Waals surface area (Å²) in [5.74, 6) is 1.77. The quantitative estimate of drug-likeness (QED) is 0.183. The third kappa shape index (κ3) is 3.99. The van der Waals surface area contributed by atoms with E-state index >= 15 is 0 Å². The van der Waals surface area contributed by atoms with Crippen LogP contribution in [0.5, 0.6) is 11.5 Å². The highest BCUT2D eigenvalue weighted by Gasteiger charge is 2.26. The van der Waals surface area contributed by atoms with Gasteiger partial charge in [0.1, 0.15) is 11.5 Å². The van der Waals surface area contributed by atoms with Crippen LogP contribution in [0.2, 0.25) is 0 Å². The van der Waals surface area contributed by atoms with Gasteiger partial charge in [-0.25, -0.2) is 0 Å². The minimum atomic E-state index is 0.875. The van der Waals surface area contributed by atoms with E-state index in [1.54, 1.807) is 0 Å². The molecule has 12 rings (SSSR count). The Morgan fingerprint density at radius 1 is 0.321 bits per heavy atom. The smallest absolute Gasteiger partial charge is 0.135 e. The summed E-state index contributed by atoms with van der Waals surface area (Å²) >= 11 is 0. The van der Waals surface area contributed by atoms with Crippen LogP contribution in [-0.4, -0.2) is 9.13 Å². The van der Waals surface area contributed by atoms with Crippen LogP contribution in [0.4, 0.5) is 0 Å². The molecule has 0 saturated heterocycles. The van der Waals surface area contributed by atoms with Crippen molar-refractivity contribution in [2.45, 2.75) is 0 Å². The highest BCUT2D eigenvalue weighted by atomic mass is 16.5. The fourth-order valence-corrected chi connectivity index (χ4v) is 9.03. The third-order valence-corrected chi connectivity index (χ3v) is 11.3. The molecule has 0 radical (unpaired) electrons. The van der Waals surface area contributed by atoms with Crippen LogP contribution >= 0.6 is 0 Å². The van der Waals surface area contributed by atoms with Crippen LogP contribution in [0.1, 0.15) is 0 Å². The summed E-state index contributed by atoms with van der Waals surface area (Å²) in [4.78, 5) is 0. The molecule has 0 N–H and O–H groups in total. The summed E-state index contributed by atoms with van der Waals surface area (Å²) < 4.78 is 11.6. The van der Waals surface area contributed by atoms with Gasteiger partial charge in [-0.3, -0.25) is 0 Å². The number of hydrogen-bond acceptors (Lipinski definition) is 1. The lowest BCUT2D eigenvalue weighted by atomic mass is 9.89. The normalized spacial score (nSPS) is 12.3. The molecule has 0 saturated carbocycles. The van der Waals surface area contributed by atoms with Gasteiger partial charge in [-0.1, -0.05) is 115 Å². The summed E-state index contributed by atoms with van der Waals surface area (Å²) in [5.41, 5.74) is 11.7. The van der Waals surface area contributed by atoms with E-state index in [9.17, 15) is 0 Å². The molecule has 0 aliphatic carbocycles. The zero-order valence-electron chi connectivity index (χ0n) is 28.6. The van der Waals surface area contributed by atoms with Crippen LogP contribution in [0, 0.1) is 0 Å². The van der Waals surface area contributed by atoms with Crippen LogP contribution in [0.15, 0.2) is 182 Å². The number of hydrogen-bond donors (Lipinski definition) is 0. The van der Waals surface area contributed by atoms with E-state index in [0.717, 1.165) is 39.4 Å². The average molecular weight is 675 g/mol. The van der Waals surface area contributed by atoms with Gasteiger partial charge >= 0.3 is 0 Å². The number of aromatic nitrogens is 2. The molecule has 11 aromatic rings. The van der Waals surface area contributed by atoms with Crippen molar-refractivity contribution < 1.29 is 4.74 Å². The molecule has 3 heterocycles. The molecular weight excluding hydrogens is 645 g/mol. The Morgan fingerprint density at radius 3 is 1.85 bits per heavy atom.